The smallest absolute Gasteiger partial charge is 0.407 e. The molecule has 7 rings (SSSR count). The second-order valence-electron chi connectivity index (χ2n) is 15.3. The van der Waals surface area contributed by atoms with Crippen LogP contribution in [0.15, 0.2) is 108 Å². The molecule has 4 aromatic carbocycles. The van der Waals surface area contributed by atoms with Crippen molar-refractivity contribution in [3.05, 3.63) is 120 Å². The summed E-state index contributed by atoms with van der Waals surface area (Å²) >= 11 is 1.30. The highest BCUT2D eigenvalue weighted by Crippen LogP contribution is 2.38. The lowest BCUT2D eigenvalue weighted by Gasteiger charge is -2.31. The first-order chi connectivity index (χ1) is 29.4. The average molecular weight is 872 g/mol. The molecule has 16 heteroatoms. The number of methoxy groups -OCH3 is 1. The van der Waals surface area contributed by atoms with Gasteiger partial charge in [-0.05, 0) is 66.3 Å². The number of nitrogens with one attached hydrogen (secondary N) is 1. The highest BCUT2D eigenvalue weighted by molar-refractivity contribution is 7.89. The molecule has 0 aliphatic carbocycles. The summed E-state index contributed by atoms with van der Waals surface area (Å²) in [6.07, 6.45) is -2.26. The van der Waals surface area contributed by atoms with Crippen molar-refractivity contribution >= 4 is 33.4 Å². The highest BCUT2D eigenvalue weighted by atomic mass is 32.2. The zero-order valence-corrected chi connectivity index (χ0v) is 35.6. The number of hydrogen-bond acceptors (Lipinski definition) is 12. The van der Waals surface area contributed by atoms with Gasteiger partial charge in [-0.1, -0.05) is 80.6 Å². The average Bonchev–Trinajstić information content (AvgIpc) is 4.01. The van der Waals surface area contributed by atoms with E-state index in [2.05, 4.69) is 10.3 Å². The van der Waals surface area contributed by atoms with E-state index >= 15 is 0 Å². The third kappa shape index (κ3) is 10.6. The van der Waals surface area contributed by atoms with E-state index in [0.717, 1.165) is 16.7 Å². The molecule has 14 nitrogen and oxygen atoms in total. The number of carboxylic acids is 1. The topological polar surface area (TPSA) is 183 Å². The van der Waals surface area contributed by atoms with Crippen molar-refractivity contribution in [3.63, 3.8) is 0 Å². The number of aliphatic hydroxyl groups excluding tert-OH is 1. The van der Waals surface area contributed by atoms with Crippen LogP contribution in [0.4, 0.5) is 4.79 Å². The summed E-state index contributed by atoms with van der Waals surface area (Å²) in [5, 5.41) is 25.3. The van der Waals surface area contributed by atoms with Crippen LogP contribution in [0.1, 0.15) is 41.9 Å². The zero-order valence-electron chi connectivity index (χ0n) is 34.0. The quantitative estimate of drug-likeness (QED) is 0.0833. The van der Waals surface area contributed by atoms with Crippen LogP contribution in [-0.4, -0.2) is 97.9 Å². The Hall–Kier alpha value is -5.36. The van der Waals surface area contributed by atoms with E-state index in [-0.39, 0.29) is 55.1 Å². The number of ether oxygens (including phenoxy) is 5. The van der Waals surface area contributed by atoms with Crippen molar-refractivity contribution in [1.82, 2.24) is 14.6 Å². The maximum absolute atomic E-state index is 13.9. The first kappa shape index (κ1) is 43.7. The van der Waals surface area contributed by atoms with Crippen LogP contribution >= 0.6 is 11.3 Å². The fraction of sp³-hybridized carbons (Fsp3) is 0.356. The van der Waals surface area contributed by atoms with Crippen LogP contribution < -0.4 is 14.8 Å². The summed E-state index contributed by atoms with van der Waals surface area (Å²) in [5.41, 5.74) is 2.98. The SMILES string of the molecule is COc1ccc(S(=O)(=O)N(CC(C)C)C[C@@H](O)[C@H](Cc2ccc(OCc3ccccc3-c3sc(-c4ccccc4)nc3C(=O)O)cc2)NC(=O)O[C@H]2CO[C@H]3OCC[C@H]32)cc1. The van der Waals surface area contributed by atoms with Gasteiger partial charge in [0.2, 0.25) is 10.0 Å². The number of hydrogen-bond donors (Lipinski definition) is 3. The van der Waals surface area contributed by atoms with Gasteiger partial charge in [0, 0.05) is 24.2 Å². The molecule has 3 heterocycles. The second kappa shape index (κ2) is 19.6. The summed E-state index contributed by atoms with van der Waals surface area (Å²) in [6, 6.07) is 29.1. The minimum Gasteiger partial charge on any atom is -0.497 e. The van der Waals surface area contributed by atoms with Gasteiger partial charge in [0.25, 0.3) is 0 Å². The van der Waals surface area contributed by atoms with Gasteiger partial charge in [-0.15, -0.1) is 11.3 Å². The minimum absolute atomic E-state index is 0.0335. The van der Waals surface area contributed by atoms with Crippen molar-refractivity contribution in [2.24, 2.45) is 11.8 Å². The van der Waals surface area contributed by atoms with E-state index in [0.29, 0.717) is 40.0 Å². The monoisotopic (exact) mass is 871 g/mol. The maximum Gasteiger partial charge on any atom is 0.407 e. The molecule has 0 unspecified atom stereocenters. The molecule has 1 amide bonds. The van der Waals surface area contributed by atoms with Crippen molar-refractivity contribution in [1.29, 1.82) is 0 Å². The Kier molecular flexibility index (Phi) is 14.0. The third-order valence-corrected chi connectivity index (χ3v) is 13.5. The number of alkyl carbamates (subject to hydrolysis) is 1. The number of sulfonamides is 1. The van der Waals surface area contributed by atoms with Crippen LogP contribution in [-0.2, 0) is 37.3 Å². The van der Waals surface area contributed by atoms with E-state index < -0.39 is 46.6 Å². The number of aliphatic hydroxyl groups is 1. The van der Waals surface area contributed by atoms with E-state index in [1.54, 1.807) is 36.4 Å². The van der Waals surface area contributed by atoms with Gasteiger partial charge < -0.3 is 39.2 Å². The number of carbonyl (C=O) groups excluding carboxylic acids is 1. The predicted molar refractivity (Wildman–Crippen MR) is 228 cm³/mol. The Labute approximate surface area is 359 Å². The first-order valence-electron chi connectivity index (χ1n) is 20.0. The molecule has 5 aromatic rings. The van der Waals surface area contributed by atoms with Crippen LogP contribution in [0.5, 0.6) is 11.5 Å². The summed E-state index contributed by atoms with van der Waals surface area (Å²) < 4.78 is 57.5. The van der Waals surface area contributed by atoms with Gasteiger partial charge in [-0.2, -0.15) is 4.31 Å². The molecular formula is C45H49N3O11S2. The van der Waals surface area contributed by atoms with Gasteiger partial charge in [-0.3, -0.25) is 0 Å². The van der Waals surface area contributed by atoms with Crippen molar-refractivity contribution in [2.75, 3.05) is 33.4 Å². The number of carboxylic acid groups (broad SMARTS) is 1. The van der Waals surface area contributed by atoms with E-state index in [1.165, 1.54) is 34.9 Å². The third-order valence-electron chi connectivity index (χ3n) is 10.6. The zero-order chi connectivity index (χ0) is 43.1. The molecule has 1 aromatic heterocycles. The van der Waals surface area contributed by atoms with Gasteiger partial charge in [0.15, 0.2) is 12.0 Å². The Morgan fingerprint density at radius 3 is 2.34 bits per heavy atom. The Bertz CT molecular complexity index is 2370. The number of amides is 1. The van der Waals surface area contributed by atoms with Gasteiger partial charge in [0.05, 0.1) is 48.2 Å². The molecule has 3 N–H and O–H groups in total. The lowest BCUT2D eigenvalue weighted by molar-refractivity contribution is -0.0907. The number of thiazole rings is 1. The molecule has 2 fully saturated rings. The van der Waals surface area contributed by atoms with Crippen LogP contribution in [0, 0.1) is 11.8 Å². The number of rotatable bonds is 18. The van der Waals surface area contributed by atoms with E-state index in [9.17, 15) is 28.2 Å². The molecule has 2 saturated heterocycles. The van der Waals surface area contributed by atoms with Crippen molar-refractivity contribution in [3.8, 4) is 32.5 Å². The lowest BCUT2D eigenvalue weighted by Crippen LogP contribution is -2.51. The molecule has 0 radical (unpaired) electrons. The van der Waals surface area contributed by atoms with Gasteiger partial charge >= 0.3 is 12.1 Å². The molecule has 5 atom stereocenters. The summed E-state index contributed by atoms with van der Waals surface area (Å²) in [7, 11) is -2.56. The molecule has 2 aliphatic rings. The van der Waals surface area contributed by atoms with Crippen LogP contribution in [0.3, 0.4) is 0 Å². The van der Waals surface area contributed by atoms with Gasteiger partial charge in [0.1, 0.15) is 29.2 Å². The van der Waals surface area contributed by atoms with E-state index in [4.69, 9.17) is 23.7 Å². The summed E-state index contributed by atoms with van der Waals surface area (Å²) in [4.78, 5) is 30.8. The fourth-order valence-corrected chi connectivity index (χ4v) is 10.2. The van der Waals surface area contributed by atoms with Crippen LogP contribution in [0.2, 0.25) is 0 Å². The van der Waals surface area contributed by atoms with Crippen LogP contribution in [0.25, 0.3) is 21.0 Å². The lowest BCUT2D eigenvalue weighted by atomic mass is 10.0. The summed E-state index contributed by atoms with van der Waals surface area (Å²) in [5.74, 6) is -0.267. The largest absolute Gasteiger partial charge is 0.497 e. The second-order valence-corrected chi connectivity index (χ2v) is 18.3. The number of carbonyl (C=O) groups is 2. The number of aromatic carboxylic acids is 1. The standard InChI is InChI=1S/C45H49N3O11S2/c1-28(2)24-48(61(53,54)34-19-17-32(55-3)18-20-34)25-38(49)37(46-45(52)59-39-27-58-44-36(39)21-22-56-44)23-29-13-15-33(16-14-29)57-26-31-11-7-8-12-35(31)41-40(43(50)51)47-42(60-41)30-9-5-4-6-10-30/h4-20,28,36-39,44,49H,21-27H2,1-3H3,(H,46,52)(H,50,51)/t36-,37-,38+,39-,44+/m0/s1. The molecule has 0 saturated carbocycles. The predicted octanol–water partition coefficient (Wildman–Crippen LogP) is 6.87. The molecular weight excluding hydrogens is 823 g/mol. The van der Waals surface area contributed by atoms with Gasteiger partial charge in [-0.25, -0.2) is 23.0 Å². The normalized spacial score (nSPS) is 18.4. The van der Waals surface area contributed by atoms with E-state index in [1.807, 2.05) is 68.4 Å². The Balaban J connectivity index is 1.08. The first-order valence-corrected chi connectivity index (χ1v) is 22.3. The molecule has 2 aliphatic heterocycles. The molecule has 322 valence electrons. The number of aromatic nitrogens is 1. The maximum atomic E-state index is 13.9. The fourth-order valence-electron chi connectivity index (χ4n) is 7.42. The minimum atomic E-state index is -4.06. The highest BCUT2D eigenvalue weighted by Gasteiger charge is 2.44. The molecule has 61 heavy (non-hydrogen) atoms. The van der Waals surface area contributed by atoms with Crippen molar-refractivity contribution < 1.29 is 51.9 Å². The summed E-state index contributed by atoms with van der Waals surface area (Å²) in [6.45, 7) is 4.41. The molecule has 0 spiro atoms. The Morgan fingerprint density at radius 1 is 0.934 bits per heavy atom. The number of nitrogens with zero attached hydrogens (tertiary/aromatic N) is 2. The molecule has 0 bridgehead atoms. The number of fused-ring (bicyclic) bond motifs is 1. The Morgan fingerprint density at radius 2 is 1.64 bits per heavy atom. The van der Waals surface area contributed by atoms with Crippen molar-refractivity contribution in [2.45, 2.75) is 62.7 Å². The number of benzene rings is 4.